The van der Waals surface area contributed by atoms with E-state index in [-0.39, 0.29) is 5.91 Å². The van der Waals surface area contributed by atoms with Crippen LogP contribution < -0.4 is 10.6 Å². The van der Waals surface area contributed by atoms with Gasteiger partial charge in [0.2, 0.25) is 0 Å². The molecule has 0 bridgehead atoms. The molecular weight excluding hydrogens is 354 g/mol. The first-order valence-electron chi connectivity index (χ1n) is 9.72. The van der Waals surface area contributed by atoms with Gasteiger partial charge < -0.3 is 15.5 Å². The van der Waals surface area contributed by atoms with Crippen molar-refractivity contribution in [2.24, 2.45) is 0 Å². The third-order valence-corrected chi connectivity index (χ3v) is 4.63. The summed E-state index contributed by atoms with van der Waals surface area (Å²) >= 11 is 0. The van der Waals surface area contributed by atoms with Gasteiger partial charge in [-0.05, 0) is 37.4 Å². The Balaban J connectivity index is 1.57. The number of rotatable bonds is 10. The van der Waals surface area contributed by atoms with E-state index in [1.54, 1.807) is 16.6 Å². The SMILES string of the molecule is CCN(CC)CCNc1ccc2nnc(CCNC(=O)c3ccccc3)n2n1. The van der Waals surface area contributed by atoms with Crippen LogP contribution in [0.25, 0.3) is 5.65 Å². The summed E-state index contributed by atoms with van der Waals surface area (Å²) in [5, 5.41) is 19.2. The predicted molar refractivity (Wildman–Crippen MR) is 110 cm³/mol. The number of hydrogen-bond donors (Lipinski definition) is 2. The van der Waals surface area contributed by atoms with Gasteiger partial charge in [-0.2, -0.15) is 4.52 Å². The largest absolute Gasteiger partial charge is 0.367 e. The predicted octanol–water partition coefficient (Wildman–Crippen LogP) is 1.85. The van der Waals surface area contributed by atoms with Crippen LogP contribution >= 0.6 is 0 Å². The molecule has 3 rings (SSSR count). The van der Waals surface area contributed by atoms with E-state index in [0.29, 0.717) is 24.2 Å². The molecule has 0 radical (unpaired) electrons. The number of amides is 1. The fourth-order valence-electron chi connectivity index (χ4n) is 2.94. The molecular formula is C20H27N7O. The second-order valence-electron chi connectivity index (χ2n) is 6.43. The minimum absolute atomic E-state index is 0.0962. The highest BCUT2D eigenvalue weighted by Crippen LogP contribution is 2.07. The average Bonchev–Trinajstić information content (AvgIpc) is 3.14. The van der Waals surface area contributed by atoms with Crippen LogP contribution in [0.4, 0.5) is 5.82 Å². The molecule has 2 heterocycles. The van der Waals surface area contributed by atoms with Crippen molar-refractivity contribution in [2.75, 3.05) is 38.0 Å². The van der Waals surface area contributed by atoms with Crippen LogP contribution in [0.1, 0.15) is 30.0 Å². The normalized spacial score (nSPS) is 11.1. The van der Waals surface area contributed by atoms with Gasteiger partial charge in [0.25, 0.3) is 5.91 Å². The molecule has 0 fully saturated rings. The number of likely N-dealkylation sites (N-methyl/N-ethyl adjacent to an activating group) is 1. The summed E-state index contributed by atoms with van der Waals surface area (Å²) in [4.78, 5) is 14.5. The highest BCUT2D eigenvalue weighted by Gasteiger charge is 2.09. The van der Waals surface area contributed by atoms with Crippen LogP contribution in [0.3, 0.4) is 0 Å². The van der Waals surface area contributed by atoms with Crippen LogP contribution in [-0.2, 0) is 6.42 Å². The van der Waals surface area contributed by atoms with Crippen molar-refractivity contribution < 1.29 is 4.79 Å². The molecule has 0 atom stereocenters. The fraction of sp³-hybridized carbons (Fsp3) is 0.400. The minimum atomic E-state index is -0.0962. The molecule has 0 unspecified atom stereocenters. The maximum absolute atomic E-state index is 12.1. The maximum Gasteiger partial charge on any atom is 0.251 e. The number of aromatic nitrogens is 4. The molecule has 8 heteroatoms. The summed E-state index contributed by atoms with van der Waals surface area (Å²) in [7, 11) is 0. The number of nitrogens with zero attached hydrogens (tertiary/aromatic N) is 5. The van der Waals surface area contributed by atoms with Gasteiger partial charge in [0.15, 0.2) is 11.5 Å². The number of hydrogen-bond acceptors (Lipinski definition) is 6. The first kappa shape index (κ1) is 19.8. The van der Waals surface area contributed by atoms with Gasteiger partial charge in [-0.3, -0.25) is 4.79 Å². The second-order valence-corrected chi connectivity index (χ2v) is 6.43. The van der Waals surface area contributed by atoms with Crippen LogP contribution in [0.2, 0.25) is 0 Å². The van der Waals surface area contributed by atoms with E-state index in [4.69, 9.17) is 0 Å². The number of carbonyl (C=O) groups excluding carboxylic acids is 1. The highest BCUT2D eigenvalue weighted by molar-refractivity contribution is 5.94. The van der Waals surface area contributed by atoms with E-state index in [1.165, 1.54) is 0 Å². The first-order chi connectivity index (χ1) is 13.7. The molecule has 1 aromatic carbocycles. The van der Waals surface area contributed by atoms with Crippen LogP contribution in [0.15, 0.2) is 42.5 Å². The zero-order chi connectivity index (χ0) is 19.8. The minimum Gasteiger partial charge on any atom is -0.367 e. The van der Waals surface area contributed by atoms with Gasteiger partial charge in [-0.1, -0.05) is 32.0 Å². The molecule has 148 valence electrons. The summed E-state index contributed by atoms with van der Waals surface area (Å²) in [6.45, 7) is 8.65. The third-order valence-electron chi connectivity index (χ3n) is 4.63. The van der Waals surface area contributed by atoms with Crippen molar-refractivity contribution in [3.05, 3.63) is 53.9 Å². The molecule has 2 N–H and O–H groups in total. The van der Waals surface area contributed by atoms with Gasteiger partial charge in [0.1, 0.15) is 5.82 Å². The quantitative estimate of drug-likeness (QED) is 0.557. The Bertz CT molecular complexity index is 890. The van der Waals surface area contributed by atoms with Crippen LogP contribution in [0.5, 0.6) is 0 Å². The molecule has 1 amide bonds. The summed E-state index contributed by atoms with van der Waals surface area (Å²) in [6, 6.07) is 13.0. The van der Waals surface area contributed by atoms with Gasteiger partial charge in [-0.15, -0.1) is 15.3 Å². The molecule has 0 spiro atoms. The average molecular weight is 381 g/mol. The number of carbonyl (C=O) groups is 1. The van der Waals surface area contributed by atoms with Crippen molar-refractivity contribution >= 4 is 17.4 Å². The zero-order valence-corrected chi connectivity index (χ0v) is 16.4. The topological polar surface area (TPSA) is 87.5 Å². The Hall–Kier alpha value is -3.00. The molecule has 0 aliphatic heterocycles. The molecule has 0 aliphatic carbocycles. The van der Waals surface area contributed by atoms with Gasteiger partial charge >= 0.3 is 0 Å². The van der Waals surface area contributed by atoms with E-state index < -0.39 is 0 Å². The summed E-state index contributed by atoms with van der Waals surface area (Å²) in [6.07, 6.45) is 0.551. The molecule has 8 nitrogen and oxygen atoms in total. The van der Waals surface area contributed by atoms with E-state index in [1.807, 2.05) is 30.3 Å². The highest BCUT2D eigenvalue weighted by atomic mass is 16.1. The van der Waals surface area contributed by atoms with Gasteiger partial charge in [0, 0.05) is 31.6 Å². The lowest BCUT2D eigenvalue weighted by Gasteiger charge is -2.18. The van der Waals surface area contributed by atoms with Crippen molar-refractivity contribution in [2.45, 2.75) is 20.3 Å². The monoisotopic (exact) mass is 381 g/mol. The third kappa shape index (κ3) is 5.04. The van der Waals surface area contributed by atoms with E-state index in [2.05, 4.69) is 44.7 Å². The zero-order valence-electron chi connectivity index (χ0n) is 16.4. The van der Waals surface area contributed by atoms with E-state index in [9.17, 15) is 4.79 Å². The summed E-state index contributed by atoms with van der Waals surface area (Å²) in [5.74, 6) is 1.41. The lowest BCUT2D eigenvalue weighted by atomic mass is 10.2. The fourth-order valence-corrected chi connectivity index (χ4v) is 2.94. The standard InChI is InChI=1S/C20H27N7O/c1-3-26(4-2)15-14-21-17-10-11-18-23-24-19(27(18)25-17)12-13-22-20(28)16-8-6-5-7-9-16/h5-11H,3-4,12-15H2,1-2H3,(H,21,25)(H,22,28). The molecule has 3 aromatic rings. The Labute approximate surface area is 165 Å². The Kier molecular flexibility index (Phi) is 6.91. The molecule has 0 saturated carbocycles. The van der Waals surface area contributed by atoms with Gasteiger partial charge in [-0.25, -0.2) is 0 Å². The van der Waals surface area contributed by atoms with Crippen LogP contribution in [-0.4, -0.2) is 63.3 Å². The molecule has 0 saturated heterocycles. The summed E-state index contributed by atoms with van der Waals surface area (Å²) in [5.41, 5.74) is 1.34. The smallest absolute Gasteiger partial charge is 0.251 e. The first-order valence-corrected chi connectivity index (χ1v) is 9.72. The van der Waals surface area contributed by atoms with E-state index >= 15 is 0 Å². The molecule has 0 aliphatic rings. The van der Waals surface area contributed by atoms with Gasteiger partial charge in [0.05, 0.1) is 0 Å². The van der Waals surface area contributed by atoms with Crippen LogP contribution in [0, 0.1) is 0 Å². The second kappa shape index (κ2) is 9.80. The Morgan fingerprint density at radius 2 is 1.82 bits per heavy atom. The van der Waals surface area contributed by atoms with Crippen molar-refractivity contribution in [3.63, 3.8) is 0 Å². The lowest BCUT2D eigenvalue weighted by molar-refractivity contribution is 0.0954. The maximum atomic E-state index is 12.1. The van der Waals surface area contributed by atoms with Crippen molar-refractivity contribution in [3.8, 4) is 0 Å². The Morgan fingerprint density at radius 3 is 2.57 bits per heavy atom. The lowest BCUT2D eigenvalue weighted by Crippen LogP contribution is -2.28. The number of nitrogens with one attached hydrogen (secondary N) is 2. The summed E-state index contributed by atoms with van der Waals surface area (Å²) < 4.78 is 1.73. The van der Waals surface area contributed by atoms with E-state index in [0.717, 1.165) is 37.8 Å². The number of fused-ring (bicyclic) bond motifs is 1. The number of benzene rings is 1. The van der Waals surface area contributed by atoms with Crippen molar-refractivity contribution in [1.82, 2.24) is 30.0 Å². The number of anilines is 1. The molecule has 2 aromatic heterocycles. The Morgan fingerprint density at radius 1 is 1.04 bits per heavy atom. The van der Waals surface area contributed by atoms with Crippen molar-refractivity contribution in [1.29, 1.82) is 0 Å². The molecule has 28 heavy (non-hydrogen) atoms.